The highest BCUT2D eigenvalue weighted by molar-refractivity contribution is 7.20. The number of carbonyl (C=O) groups excluding carboxylic acids is 1. The lowest BCUT2D eigenvalue weighted by atomic mass is 10.0. The number of esters is 1. The Kier molecular flexibility index (Phi) is 6.89. The summed E-state index contributed by atoms with van der Waals surface area (Å²) >= 11 is 7.66. The Morgan fingerprint density at radius 1 is 0.976 bits per heavy atom. The average Bonchev–Trinajstić information content (AvgIpc) is 3.52. The molecule has 206 valence electrons. The Labute approximate surface area is 244 Å². The number of aryl methyl sites for hydroxylation is 2. The summed E-state index contributed by atoms with van der Waals surface area (Å²) in [5, 5.41) is 6.32. The molecule has 0 fully saturated rings. The van der Waals surface area contributed by atoms with Gasteiger partial charge in [-0.1, -0.05) is 49.7 Å². The molecule has 3 aromatic heterocycles. The molecule has 6 rings (SSSR count). The van der Waals surface area contributed by atoms with E-state index in [4.69, 9.17) is 25.5 Å². The number of hydrogen-bond acceptors (Lipinski definition) is 7. The fourth-order valence-corrected chi connectivity index (χ4v) is 5.85. The van der Waals surface area contributed by atoms with Crippen molar-refractivity contribution in [1.29, 1.82) is 0 Å². The van der Waals surface area contributed by atoms with Gasteiger partial charge in [0.25, 0.3) is 0 Å². The van der Waals surface area contributed by atoms with Crippen LogP contribution in [0, 0.1) is 13.8 Å². The highest BCUT2D eigenvalue weighted by Gasteiger charge is 2.21. The van der Waals surface area contributed by atoms with Crippen LogP contribution in [0.4, 0.5) is 0 Å². The van der Waals surface area contributed by atoms with Crippen LogP contribution < -0.4 is 14.9 Å². The molecule has 6 aromatic rings. The highest BCUT2D eigenvalue weighted by atomic mass is 35.5. The summed E-state index contributed by atoms with van der Waals surface area (Å²) in [6.07, 6.45) is 0. The summed E-state index contributed by atoms with van der Waals surface area (Å²) < 4.78 is 19.2. The van der Waals surface area contributed by atoms with Crippen LogP contribution in [0.15, 0.2) is 82.0 Å². The number of thiophene rings is 1. The van der Waals surface area contributed by atoms with Crippen molar-refractivity contribution >= 4 is 50.1 Å². The molecule has 0 unspecified atom stereocenters. The number of benzene rings is 3. The van der Waals surface area contributed by atoms with E-state index in [0.717, 1.165) is 21.6 Å². The molecule has 9 heteroatoms. The standard InChI is InChI=1S/C32H25ClN2O5S/c1-17(2)20-9-11-21(12-10-20)39-30-19(4)38-27-15-22(13-14-23(27)29(30)36)40-32(37)28-16-24-18(3)34-35(31(24)41-28)26-8-6-5-7-25(26)33/h5-17H,1-4H3. The minimum absolute atomic E-state index is 0.118. The lowest BCUT2D eigenvalue weighted by Gasteiger charge is -2.11. The minimum atomic E-state index is -0.528. The van der Waals surface area contributed by atoms with Gasteiger partial charge in [0, 0.05) is 11.5 Å². The van der Waals surface area contributed by atoms with Crippen LogP contribution in [-0.4, -0.2) is 15.7 Å². The first-order valence-corrected chi connectivity index (χ1v) is 14.2. The van der Waals surface area contributed by atoms with Crippen molar-refractivity contribution in [2.45, 2.75) is 33.6 Å². The normalized spacial score (nSPS) is 11.5. The summed E-state index contributed by atoms with van der Waals surface area (Å²) in [6, 6.07) is 21.5. The molecule has 41 heavy (non-hydrogen) atoms. The van der Waals surface area contributed by atoms with Crippen LogP contribution in [0.5, 0.6) is 17.2 Å². The van der Waals surface area contributed by atoms with Gasteiger partial charge in [0.05, 0.1) is 21.8 Å². The van der Waals surface area contributed by atoms with E-state index in [1.807, 2.05) is 49.4 Å². The van der Waals surface area contributed by atoms with Gasteiger partial charge in [-0.3, -0.25) is 4.79 Å². The van der Waals surface area contributed by atoms with E-state index < -0.39 is 5.97 Å². The zero-order valence-electron chi connectivity index (χ0n) is 22.7. The molecule has 0 atom stereocenters. The van der Waals surface area contributed by atoms with Gasteiger partial charge in [-0.05, 0) is 67.8 Å². The van der Waals surface area contributed by atoms with Crippen molar-refractivity contribution in [2.24, 2.45) is 0 Å². The Balaban J connectivity index is 1.27. The van der Waals surface area contributed by atoms with Gasteiger partial charge in [0.15, 0.2) is 0 Å². The van der Waals surface area contributed by atoms with Crippen LogP contribution in [0.2, 0.25) is 5.02 Å². The number of para-hydroxylation sites is 1. The van der Waals surface area contributed by atoms with Crippen molar-refractivity contribution in [1.82, 2.24) is 9.78 Å². The smallest absolute Gasteiger partial charge is 0.353 e. The second-order valence-electron chi connectivity index (χ2n) is 9.97. The van der Waals surface area contributed by atoms with Crippen molar-refractivity contribution in [2.75, 3.05) is 0 Å². The maximum absolute atomic E-state index is 13.2. The van der Waals surface area contributed by atoms with Crippen LogP contribution >= 0.6 is 22.9 Å². The molecule has 0 aliphatic heterocycles. The minimum Gasteiger partial charge on any atom is -0.457 e. The molecule has 0 aliphatic carbocycles. The number of ether oxygens (including phenoxy) is 2. The highest BCUT2D eigenvalue weighted by Crippen LogP contribution is 2.34. The summed E-state index contributed by atoms with van der Waals surface area (Å²) in [5.41, 5.74) is 2.66. The number of hydrogen-bond donors (Lipinski definition) is 0. The third-order valence-electron chi connectivity index (χ3n) is 6.79. The zero-order valence-corrected chi connectivity index (χ0v) is 24.3. The fraction of sp³-hybridized carbons (Fsp3) is 0.156. The van der Waals surface area contributed by atoms with Gasteiger partial charge >= 0.3 is 5.97 Å². The van der Waals surface area contributed by atoms with E-state index in [-0.39, 0.29) is 16.9 Å². The Morgan fingerprint density at radius 2 is 1.71 bits per heavy atom. The van der Waals surface area contributed by atoms with Gasteiger partial charge in [-0.25, -0.2) is 9.48 Å². The summed E-state index contributed by atoms with van der Waals surface area (Å²) in [5.74, 6) is 1.10. The predicted octanol–water partition coefficient (Wildman–Crippen LogP) is 8.60. The average molecular weight is 585 g/mol. The number of fused-ring (bicyclic) bond motifs is 2. The molecule has 0 saturated carbocycles. The molecular formula is C32H25ClN2O5S. The van der Waals surface area contributed by atoms with Gasteiger partial charge in [-0.2, -0.15) is 5.10 Å². The van der Waals surface area contributed by atoms with E-state index in [9.17, 15) is 9.59 Å². The maximum Gasteiger partial charge on any atom is 0.353 e. The second-order valence-corrected chi connectivity index (χ2v) is 11.4. The molecule has 3 aromatic carbocycles. The topological polar surface area (TPSA) is 83.6 Å². The second kappa shape index (κ2) is 10.5. The third-order valence-corrected chi connectivity index (χ3v) is 8.20. The number of rotatable bonds is 6. The molecule has 0 bridgehead atoms. The first kappa shape index (κ1) is 26.8. The van der Waals surface area contributed by atoms with E-state index in [0.29, 0.717) is 38.3 Å². The quantitative estimate of drug-likeness (QED) is 0.144. The number of nitrogens with zero attached hydrogens (tertiary/aromatic N) is 2. The van der Waals surface area contributed by atoms with E-state index in [2.05, 4.69) is 18.9 Å². The molecule has 0 spiro atoms. The van der Waals surface area contributed by atoms with Gasteiger partial charge < -0.3 is 13.9 Å². The Bertz CT molecular complexity index is 2000. The molecule has 3 heterocycles. The monoisotopic (exact) mass is 584 g/mol. The first-order valence-electron chi connectivity index (χ1n) is 13.0. The molecule has 0 N–H and O–H groups in total. The number of halogens is 1. The van der Waals surface area contributed by atoms with Gasteiger partial charge in [-0.15, -0.1) is 11.3 Å². The Hall–Kier alpha value is -4.40. The molecule has 0 amide bonds. The fourth-order valence-electron chi connectivity index (χ4n) is 4.58. The molecule has 0 radical (unpaired) electrons. The summed E-state index contributed by atoms with van der Waals surface area (Å²) in [4.78, 5) is 27.6. The Morgan fingerprint density at radius 3 is 2.44 bits per heavy atom. The van der Waals surface area contributed by atoms with Crippen molar-refractivity contribution in [3.05, 3.63) is 110 Å². The van der Waals surface area contributed by atoms with Crippen LogP contribution in [0.3, 0.4) is 0 Å². The molecular weight excluding hydrogens is 560 g/mol. The summed E-state index contributed by atoms with van der Waals surface area (Å²) in [7, 11) is 0. The number of carbonyl (C=O) groups is 1. The zero-order chi connectivity index (χ0) is 28.8. The van der Waals surface area contributed by atoms with Gasteiger partial charge in [0.1, 0.15) is 32.5 Å². The lowest BCUT2D eigenvalue weighted by Crippen LogP contribution is -2.09. The van der Waals surface area contributed by atoms with Crippen LogP contribution in [0.25, 0.3) is 26.9 Å². The maximum atomic E-state index is 13.2. The van der Waals surface area contributed by atoms with E-state index in [1.54, 1.807) is 35.9 Å². The predicted molar refractivity (Wildman–Crippen MR) is 161 cm³/mol. The third kappa shape index (κ3) is 5.01. The summed E-state index contributed by atoms with van der Waals surface area (Å²) in [6.45, 7) is 7.77. The van der Waals surface area contributed by atoms with Crippen molar-refractivity contribution < 1.29 is 18.7 Å². The van der Waals surface area contributed by atoms with Gasteiger partial charge in [0.2, 0.25) is 11.2 Å². The van der Waals surface area contributed by atoms with Crippen molar-refractivity contribution in [3.63, 3.8) is 0 Å². The van der Waals surface area contributed by atoms with Crippen LogP contribution in [-0.2, 0) is 0 Å². The van der Waals surface area contributed by atoms with E-state index >= 15 is 0 Å². The van der Waals surface area contributed by atoms with Crippen LogP contribution in [0.1, 0.15) is 46.5 Å². The SMILES string of the molecule is Cc1oc2cc(OC(=O)c3cc4c(C)nn(-c5ccccc5Cl)c4s3)ccc2c(=O)c1Oc1ccc(C(C)C)cc1. The van der Waals surface area contributed by atoms with Crippen molar-refractivity contribution in [3.8, 4) is 22.9 Å². The molecule has 0 saturated heterocycles. The molecule has 0 aliphatic rings. The molecule has 7 nitrogen and oxygen atoms in total. The lowest BCUT2D eigenvalue weighted by molar-refractivity contribution is 0.0740. The number of aromatic nitrogens is 2. The van der Waals surface area contributed by atoms with E-state index in [1.165, 1.54) is 23.0 Å². The first-order chi connectivity index (χ1) is 19.7. The largest absolute Gasteiger partial charge is 0.457 e.